The van der Waals surface area contributed by atoms with E-state index >= 15 is 0 Å². The number of hydrogen-bond donors (Lipinski definition) is 3. The van der Waals surface area contributed by atoms with Crippen LogP contribution in [0, 0.1) is 5.41 Å². The molecule has 0 spiro atoms. The van der Waals surface area contributed by atoms with Gasteiger partial charge in [0.2, 0.25) is 5.91 Å². The minimum Gasteiger partial charge on any atom is -0.481 e. The lowest BCUT2D eigenvalue weighted by Crippen LogP contribution is -2.43. The Bertz CT molecular complexity index is 323. The third-order valence-electron chi connectivity index (χ3n) is 3.68. The molecule has 0 aromatic heterocycles. The molecular weight excluding hydrogens is 244 g/mol. The summed E-state index contributed by atoms with van der Waals surface area (Å²) in [4.78, 5) is 22.6. The topological polar surface area (TPSA) is 78.4 Å². The lowest BCUT2D eigenvalue weighted by molar-refractivity contribution is -0.140. The molecule has 1 amide bonds. The first-order valence-electron chi connectivity index (χ1n) is 6.88. The van der Waals surface area contributed by atoms with Crippen LogP contribution in [0.5, 0.6) is 0 Å². The Labute approximate surface area is 114 Å². The van der Waals surface area contributed by atoms with E-state index in [0.29, 0.717) is 13.1 Å². The molecule has 0 atom stereocenters. The van der Waals surface area contributed by atoms with Gasteiger partial charge in [0.25, 0.3) is 0 Å². The van der Waals surface area contributed by atoms with Gasteiger partial charge in [0, 0.05) is 13.1 Å². The van der Waals surface area contributed by atoms with E-state index in [2.05, 4.69) is 17.2 Å². The molecule has 0 bridgehead atoms. The van der Waals surface area contributed by atoms with E-state index in [1.165, 1.54) is 0 Å². The fraction of sp³-hybridized carbons (Fsp3) is 0.714. The van der Waals surface area contributed by atoms with Crippen molar-refractivity contribution in [2.24, 2.45) is 5.41 Å². The normalized spacial score (nSPS) is 17.7. The molecule has 1 aliphatic carbocycles. The third kappa shape index (κ3) is 5.87. The van der Waals surface area contributed by atoms with Crippen molar-refractivity contribution in [3.05, 3.63) is 12.7 Å². The van der Waals surface area contributed by atoms with Crippen molar-refractivity contribution in [3.8, 4) is 0 Å². The van der Waals surface area contributed by atoms with E-state index in [4.69, 9.17) is 5.11 Å². The molecular formula is C14H24N2O3. The summed E-state index contributed by atoms with van der Waals surface area (Å²) in [6, 6.07) is 0. The van der Waals surface area contributed by atoms with Gasteiger partial charge in [-0.15, -0.1) is 6.58 Å². The second-order valence-electron chi connectivity index (χ2n) is 5.33. The van der Waals surface area contributed by atoms with Gasteiger partial charge < -0.3 is 15.7 Å². The van der Waals surface area contributed by atoms with E-state index in [1.54, 1.807) is 6.08 Å². The van der Waals surface area contributed by atoms with Crippen LogP contribution in [-0.2, 0) is 9.59 Å². The van der Waals surface area contributed by atoms with Crippen LogP contribution in [0.4, 0.5) is 0 Å². The van der Waals surface area contributed by atoms with Gasteiger partial charge in [-0.3, -0.25) is 9.59 Å². The van der Waals surface area contributed by atoms with Crippen molar-refractivity contribution in [1.29, 1.82) is 0 Å². The number of carboxylic acid groups (broad SMARTS) is 1. The maximum Gasteiger partial charge on any atom is 0.303 e. The first kappa shape index (κ1) is 15.7. The highest BCUT2D eigenvalue weighted by Gasteiger charge is 2.34. The molecule has 3 N–H and O–H groups in total. The second-order valence-corrected chi connectivity index (χ2v) is 5.33. The van der Waals surface area contributed by atoms with Crippen molar-refractivity contribution in [2.45, 2.75) is 38.5 Å². The average molecular weight is 268 g/mol. The molecule has 0 aromatic carbocycles. The van der Waals surface area contributed by atoms with Gasteiger partial charge in [0.05, 0.1) is 13.0 Å². The van der Waals surface area contributed by atoms with Crippen LogP contribution >= 0.6 is 0 Å². The summed E-state index contributed by atoms with van der Waals surface area (Å²) < 4.78 is 0. The van der Waals surface area contributed by atoms with Crippen molar-refractivity contribution in [3.63, 3.8) is 0 Å². The fourth-order valence-electron chi connectivity index (χ4n) is 2.67. The zero-order chi connectivity index (χ0) is 14.1. The molecule has 1 aliphatic rings. The Kier molecular flexibility index (Phi) is 6.56. The Morgan fingerprint density at radius 1 is 1.26 bits per heavy atom. The van der Waals surface area contributed by atoms with Gasteiger partial charge in [-0.2, -0.15) is 0 Å². The predicted molar refractivity (Wildman–Crippen MR) is 73.8 cm³/mol. The van der Waals surface area contributed by atoms with E-state index in [9.17, 15) is 9.59 Å². The summed E-state index contributed by atoms with van der Waals surface area (Å²) in [6.45, 7) is 4.86. The van der Waals surface area contributed by atoms with Crippen LogP contribution in [0.2, 0.25) is 0 Å². The molecule has 0 heterocycles. The highest BCUT2D eigenvalue weighted by Crippen LogP contribution is 2.38. The van der Waals surface area contributed by atoms with Gasteiger partial charge in [-0.1, -0.05) is 25.3 Å². The highest BCUT2D eigenvalue weighted by atomic mass is 16.4. The Balaban J connectivity index is 2.41. The second kappa shape index (κ2) is 7.94. The maximum absolute atomic E-state index is 11.6. The lowest BCUT2D eigenvalue weighted by Gasteiger charge is -2.36. The third-order valence-corrected chi connectivity index (χ3v) is 3.68. The molecule has 0 aliphatic heterocycles. The molecule has 1 saturated carbocycles. The molecule has 5 nitrogen and oxygen atoms in total. The summed E-state index contributed by atoms with van der Waals surface area (Å²) in [5.41, 5.74) is -0.252. The van der Waals surface area contributed by atoms with E-state index in [-0.39, 0.29) is 24.3 Å². The van der Waals surface area contributed by atoms with Crippen molar-refractivity contribution < 1.29 is 14.7 Å². The van der Waals surface area contributed by atoms with Crippen LogP contribution in [-0.4, -0.2) is 36.6 Å². The number of aliphatic carboxylic acids is 1. The molecule has 1 fully saturated rings. The molecule has 0 aromatic rings. The smallest absolute Gasteiger partial charge is 0.303 e. The van der Waals surface area contributed by atoms with Gasteiger partial charge >= 0.3 is 5.97 Å². The number of rotatable bonds is 8. The first-order chi connectivity index (χ1) is 9.08. The largest absolute Gasteiger partial charge is 0.481 e. The van der Waals surface area contributed by atoms with Crippen LogP contribution in [0.3, 0.4) is 0 Å². The summed E-state index contributed by atoms with van der Waals surface area (Å²) in [7, 11) is 0. The van der Waals surface area contributed by atoms with Crippen LogP contribution in [0.15, 0.2) is 12.7 Å². The lowest BCUT2D eigenvalue weighted by atomic mass is 9.71. The number of carboxylic acids is 1. The molecule has 0 radical (unpaired) electrons. The van der Waals surface area contributed by atoms with Crippen LogP contribution in [0.1, 0.15) is 38.5 Å². The zero-order valence-corrected chi connectivity index (χ0v) is 11.4. The summed E-state index contributed by atoms with van der Waals surface area (Å²) >= 11 is 0. The molecule has 1 rings (SSSR count). The minimum atomic E-state index is -0.777. The van der Waals surface area contributed by atoms with E-state index in [1.807, 2.05) is 0 Å². The standard InChI is InChI=1S/C14H24N2O3/c1-2-8-15-10-12(17)16-11-14(9-13(18)19)6-4-3-5-7-14/h2,15H,1,3-11H2,(H,16,17)(H,18,19). The number of carbonyl (C=O) groups excluding carboxylic acids is 1. The van der Waals surface area contributed by atoms with Crippen LogP contribution < -0.4 is 10.6 Å². The van der Waals surface area contributed by atoms with Gasteiger partial charge in [-0.05, 0) is 18.3 Å². The maximum atomic E-state index is 11.6. The monoisotopic (exact) mass is 268 g/mol. The minimum absolute atomic E-state index is 0.0859. The molecule has 5 heteroatoms. The molecule has 19 heavy (non-hydrogen) atoms. The molecule has 108 valence electrons. The van der Waals surface area contributed by atoms with Crippen molar-refractivity contribution in [2.75, 3.05) is 19.6 Å². The molecule has 0 unspecified atom stereocenters. The first-order valence-corrected chi connectivity index (χ1v) is 6.88. The Morgan fingerprint density at radius 2 is 1.95 bits per heavy atom. The van der Waals surface area contributed by atoms with Crippen molar-refractivity contribution >= 4 is 11.9 Å². The molecule has 0 saturated heterocycles. The van der Waals surface area contributed by atoms with Crippen molar-refractivity contribution in [1.82, 2.24) is 10.6 Å². The quantitative estimate of drug-likeness (QED) is 0.458. The number of hydrogen-bond acceptors (Lipinski definition) is 3. The summed E-state index contributed by atoms with van der Waals surface area (Å²) in [5.74, 6) is -0.863. The van der Waals surface area contributed by atoms with E-state index in [0.717, 1.165) is 32.1 Å². The van der Waals surface area contributed by atoms with Gasteiger partial charge in [0.15, 0.2) is 0 Å². The summed E-state index contributed by atoms with van der Waals surface area (Å²) in [6.07, 6.45) is 6.89. The Hall–Kier alpha value is -1.36. The van der Waals surface area contributed by atoms with Gasteiger partial charge in [-0.25, -0.2) is 0 Å². The Morgan fingerprint density at radius 3 is 2.53 bits per heavy atom. The zero-order valence-electron chi connectivity index (χ0n) is 11.4. The predicted octanol–water partition coefficient (Wildman–Crippen LogP) is 1.30. The average Bonchev–Trinajstić information content (AvgIpc) is 2.37. The number of nitrogens with one attached hydrogen (secondary N) is 2. The highest BCUT2D eigenvalue weighted by molar-refractivity contribution is 5.78. The fourth-order valence-corrected chi connectivity index (χ4v) is 2.67. The van der Waals surface area contributed by atoms with Gasteiger partial charge in [0.1, 0.15) is 0 Å². The SMILES string of the molecule is C=CCNCC(=O)NCC1(CC(=O)O)CCCCC1. The number of carbonyl (C=O) groups is 2. The number of amides is 1. The summed E-state index contributed by atoms with van der Waals surface area (Å²) in [5, 5.41) is 14.8. The van der Waals surface area contributed by atoms with E-state index < -0.39 is 5.97 Å². The van der Waals surface area contributed by atoms with Crippen LogP contribution in [0.25, 0.3) is 0 Å².